The maximum atomic E-state index is 12.8. The molecule has 0 spiro atoms. The maximum Gasteiger partial charge on any atom is 0.303 e. The minimum Gasteiger partial charge on any atom is -0.481 e. The Hall–Kier alpha value is -3.15. The zero-order valence-electron chi connectivity index (χ0n) is 17.4. The molecule has 158 valence electrons. The van der Waals surface area contributed by atoms with E-state index in [4.69, 9.17) is 4.84 Å². The molecule has 1 aliphatic rings. The van der Waals surface area contributed by atoms with E-state index in [1.165, 1.54) is 5.56 Å². The van der Waals surface area contributed by atoms with Crippen LogP contribution in [0.2, 0.25) is 0 Å². The van der Waals surface area contributed by atoms with Crippen LogP contribution >= 0.6 is 0 Å². The second-order valence-corrected chi connectivity index (χ2v) is 7.55. The summed E-state index contributed by atoms with van der Waals surface area (Å²) in [6.07, 6.45) is 4.39. The van der Waals surface area contributed by atoms with Crippen LogP contribution in [-0.2, 0) is 16.1 Å². The first-order valence-electron chi connectivity index (χ1n) is 10.4. The van der Waals surface area contributed by atoms with E-state index in [2.05, 4.69) is 17.4 Å². The highest BCUT2D eigenvalue weighted by Gasteiger charge is 2.30. The highest BCUT2D eigenvalue weighted by atomic mass is 16.6. The Morgan fingerprint density at radius 2 is 1.97 bits per heavy atom. The number of carbonyl (C=O) groups is 2. The lowest BCUT2D eigenvalue weighted by Gasteiger charge is -2.32. The van der Waals surface area contributed by atoms with Crippen molar-refractivity contribution >= 4 is 23.8 Å². The van der Waals surface area contributed by atoms with Crippen molar-refractivity contribution in [1.29, 1.82) is 0 Å². The largest absolute Gasteiger partial charge is 0.481 e. The Morgan fingerprint density at radius 3 is 2.63 bits per heavy atom. The number of aryl methyl sites for hydroxylation is 1. The molecule has 2 atom stereocenters. The minimum absolute atomic E-state index is 0.115. The SMILES string of the molecule is CCON=Cc1ccc(NC(=O)c2ccc3c(c2)C(CC)C(CC(=O)O)CC3)cc1. The van der Waals surface area contributed by atoms with E-state index in [1.807, 2.05) is 49.4 Å². The van der Waals surface area contributed by atoms with Crippen LogP contribution < -0.4 is 5.32 Å². The molecule has 2 N–H and O–H groups in total. The summed E-state index contributed by atoms with van der Waals surface area (Å²) in [4.78, 5) is 29.0. The highest BCUT2D eigenvalue weighted by Crippen LogP contribution is 2.40. The van der Waals surface area contributed by atoms with E-state index in [-0.39, 0.29) is 24.2 Å². The fraction of sp³-hybridized carbons (Fsp3) is 0.375. The van der Waals surface area contributed by atoms with E-state index < -0.39 is 5.97 Å². The highest BCUT2D eigenvalue weighted by molar-refractivity contribution is 6.04. The number of anilines is 1. The Balaban J connectivity index is 1.74. The third kappa shape index (κ3) is 5.26. The van der Waals surface area contributed by atoms with Crippen molar-refractivity contribution in [1.82, 2.24) is 0 Å². The van der Waals surface area contributed by atoms with Crippen LogP contribution in [0, 0.1) is 5.92 Å². The van der Waals surface area contributed by atoms with Crippen LogP contribution in [0.25, 0.3) is 0 Å². The second kappa shape index (κ2) is 10.1. The topological polar surface area (TPSA) is 88.0 Å². The summed E-state index contributed by atoms with van der Waals surface area (Å²) < 4.78 is 0. The molecule has 0 saturated heterocycles. The molecule has 0 aliphatic heterocycles. The number of carbonyl (C=O) groups excluding carboxylic acids is 1. The summed E-state index contributed by atoms with van der Waals surface area (Å²) >= 11 is 0. The predicted molar refractivity (Wildman–Crippen MR) is 117 cm³/mol. The van der Waals surface area contributed by atoms with E-state index in [0.29, 0.717) is 17.9 Å². The predicted octanol–water partition coefficient (Wildman–Crippen LogP) is 4.84. The van der Waals surface area contributed by atoms with Gasteiger partial charge >= 0.3 is 5.97 Å². The van der Waals surface area contributed by atoms with Crippen LogP contribution in [0.5, 0.6) is 0 Å². The van der Waals surface area contributed by atoms with Gasteiger partial charge in [0.2, 0.25) is 0 Å². The molecule has 0 heterocycles. The van der Waals surface area contributed by atoms with E-state index in [9.17, 15) is 14.7 Å². The molecule has 0 fully saturated rings. The van der Waals surface area contributed by atoms with Gasteiger partial charge in [0.25, 0.3) is 5.91 Å². The van der Waals surface area contributed by atoms with Crippen molar-refractivity contribution in [3.8, 4) is 0 Å². The average molecular weight is 408 g/mol. The lowest BCUT2D eigenvalue weighted by molar-refractivity contribution is -0.138. The molecule has 2 aromatic rings. The van der Waals surface area contributed by atoms with Gasteiger partial charge < -0.3 is 15.3 Å². The summed E-state index contributed by atoms with van der Waals surface area (Å²) in [5, 5.41) is 16.0. The second-order valence-electron chi connectivity index (χ2n) is 7.55. The van der Waals surface area contributed by atoms with E-state index in [1.54, 1.807) is 6.21 Å². The first kappa shape index (κ1) is 21.6. The van der Waals surface area contributed by atoms with Gasteiger partial charge in [-0.2, -0.15) is 0 Å². The van der Waals surface area contributed by atoms with Gasteiger partial charge in [-0.25, -0.2) is 0 Å². The summed E-state index contributed by atoms with van der Waals surface area (Å²) in [7, 11) is 0. The summed E-state index contributed by atoms with van der Waals surface area (Å²) in [6.45, 7) is 4.46. The number of aliphatic carboxylic acids is 1. The van der Waals surface area contributed by atoms with Gasteiger partial charge in [-0.3, -0.25) is 9.59 Å². The molecular formula is C24H28N2O4. The van der Waals surface area contributed by atoms with Crippen LogP contribution in [0.15, 0.2) is 47.6 Å². The molecule has 1 aliphatic carbocycles. The third-order valence-corrected chi connectivity index (χ3v) is 5.61. The van der Waals surface area contributed by atoms with Crippen molar-refractivity contribution in [2.24, 2.45) is 11.1 Å². The molecule has 0 saturated carbocycles. The van der Waals surface area contributed by atoms with Crippen LogP contribution in [-0.4, -0.2) is 29.8 Å². The van der Waals surface area contributed by atoms with Crippen molar-refractivity contribution in [3.63, 3.8) is 0 Å². The number of benzene rings is 2. The molecule has 0 radical (unpaired) electrons. The van der Waals surface area contributed by atoms with Gasteiger partial charge in [0.1, 0.15) is 6.61 Å². The van der Waals surface area contributed by atoms with E-state index in [0.717, 1.165) is 30.4 Å². The number of oxime groups is 1. The summed E-state index contributed by atoms with van der Waals surface area (Å²) in [5.41, 5.74) is 4.50. The monoisotopic (exact) mass is 408 g/mol. The van der Waals surface area contributed by atoms with Crippen LogP contribution in [0.3, 0.4) is 0 Å². The van der Waals surface area contributed by atoms with Gasteiger partial charge in [-0.05, 0) is 79.0 Å². The number of fused-ring (bicyclic) bond motifs is 1. The standard InChI is InChI=1S/C24H28N2O4/c1-3-21-18(14-23(27)28)9-7-17-8-10-19(13-22(17)21)24(29)26-20-11-5-16(6-12-20)15-25-30-4-2/h5-6,8,10-13,15,18,21H,3-4,7,9,14H2,1-2H3,(H,26,29)(H,27,28). The maximum absolute atomic E-state index is 12.8. The Bertz CT molecular complexity index is 921. The average Bonchev–Trinajstić information content (AvgIpc) is 2.74. The third-order valence-electron chi connectivity index (χ3n) is 5.61. The Kier molecular flexibility index (Phi) is 7.22. The number of rotatable bonds is 8. The lowest BCUT2D eigenvalue weighted by Crippen LogP contribution is -2.24. The Morgan fingerprint density at radius 1 is 1.20 bits per heavy atom. The van der Waals surface area contributed by atoms with Crippen molar-refractivity contribution in [3.05, 3.63) is 64.7 Å². The van der Waals surface area contributed by atoms with Crippen molar-refractivity contribution < 1.29 is 19.5 Å². The van der Waals surface area contributed by atoms with Gasteiger partial charge in [0, 0.05) is 17.7 Å². The zero-order chi connectivity index (χ0) is 21.5. The molecule has 1 amide bonds. The normalized spacial score (nSPS) is 18.1. The minimum atomic E-state index is -0.759. The molecule has 2 unspecified atom stereocenters. The number of nitrogens with one attached hydrogen (secondary N) is 1. The van der Waals surface area contributed by atoms with Gasteiger partial charge in [-0.15, -0.1) is 0 Å². The first-order valence-corrected chi connectivity index (χ1v) is 10.4. The fourth-order valence-electron chi connectivity index (χ4n) is 4.16. The summed E-state index contributed by atoms with van der Waals surface area (Å²) in [5.74, 6) is -0.653. The smallest absolute Gasteiger partial charge is 0.303 e. The molecule has 0 bridgehead atoms. The number of hydrogen-bond donors (Lipinski definition) is 2. The molecule has 30 heavy (non-hydrogen) atoms. The number of hydrogen-bond acceptors (Lipinski definition) is 4. The molecule has 0 aromatic heterocycles. The quantitative estimate of drug-likeness (QED) is 0.483. The van der Waals surface area contributed by atoms with Gasteiger partial charge in [-0.1, -0.05) is 30.3 Å². The van der Waals surface area contributed by atoms with Gasteiger partial charge in [0.05, 0.1) is 6.21 Å². The molecule has 3 rings (SSSR count). The Labute approximate surface area is 176 Å². The molecule has 6 nitrogen and oxygen atoms in total. The fourth-order valence-corrected chi connectivity index (χ4v) is 4.16. The number of amides is 1. The zero-order valence-corrected chi connectivity index (χ0v) is 17.4. The number of carboxylic acids is 1. The first-order chi connectivity index (χ1) is 14.5. The van der Waals surface area contributed by atoms with Crippen molar-refractivity contribution in [2.75, 3.05) is 11.9 Å². The van der Waals surface area contributed by atoms with E-state index >= 15 is 0 Å². The molecule has 2 aromatic carbocycles. The van der Waals surface area contributed by atoms with Crippen LogP contribution in [0.4, 0.5) is 5.69 Å². The summed E-state index contributed by atoms with van der Waals surface area (Å²) in [6, 6.07) is 13.2. The van der Waals surface area contributed by atoms with Crippen molar-refractivity contribution in [2.45, 2.75) is 45.4 Å². The number of carboxylic acid groups (broad SMARTS) is 1. The number of nitrogens with zero attached hydrogens (tertiary/aromatic N) is 1. The molecule has 6 heteroatoms. The van der Waals surface area contributed by atoms with Gasteiger partial charge in [0.15, 0.2) is 0 Å². The van der Waals surface area contributed by atoms with Crippen LogP contribution in [0.1, 0.15) is 66.1 Å². The molecular weight excluding hydrogens is 380 g/mol. The lowest BCUT2D eigenvalue weighted by atomic mass is 9.72.